The predicted octanol–water partition coefficient (Wildman–Crippen LogP) is 2.32. The van der Waals surface area contributed by atoms with E-state index in [9.17, 15) is 4.79 Å². The van der Waals surface area contributed by atoms with Gasteiger partial charge in [-0.1, -0.05) is 11.8 Å². The van der Waals surface area contributed by atoms with Crippen LogP contribution < -0.4 is 0 Å². The first-order valence-corrected chi connectivity index (χ1v) is 9.23. The average molecular weight is 311 g/mol. The smallest absolute Gasteiger partial charge is 0.222 e. The molecule has 20 heavy (non-hydrogen) atoms. The summed E-state index contributed by atoms with van der Waals surface area (Å²) in [5.41, 5.74) is 0. The molecule has 0 saturated carbocycles. The van der Waals surface area contributed by atoms with Gasteiger partial charge in [0.25, 0.3) is 0 Å². The summed E-state index contributed by atoms with van der Waals surface area (Å²) >= 11 is 3.43. The maximum atomic E-state index is 12.0. The highest BCUT2D eigenvalue weighted by atomic mass is 32.2. The maximum absolute atomic E-state index is 12.0. The van der Waals surface area contributed by atoms with Gasteiger partial charge in [0, 0.05) is 42.9 Å². The normalized spacial score (nSPS) is 23.9. The predicted molar refractivity (Wildman–Crippen MR) is 83.2 cm³/mol. The molecule has 1 aromatic rings. The lowest BCUT2D eigenvalue weighted by atomic mass is 10.2. The van der Waals surface area contributed by atoms with Crippen molar-refractivity contribution in [3.05, 3.63) is 11.6 Å². The highest BCUT2D eigenvalue weighted by Crippen LogP contribution is 2.24. The van der Waals surface area contributed by atoms with Gasteiger partial charge < -0.3 is 9.80 Å². The zero-order valence-electron chi connectivity index (χ0n) is 11.7. The first-order valence-electron chi connectivity index (χ1n) is 7.37. The fourth-order valence-electron chi connectivity index (χ4n) is 3.07. The monoisotopic (exact) mass is 311 g/mol. The summed E-state index contributed by atoms with van der Waals surface area (Å²) in [6, 6.07) is 0.442. The average Bonchev–Trinajstić information content (AvgIpc) is 3.16. The van der Waals surface area contributed by atoms with Crippen molar-refractivity contribution >= 4 is 29.0 Å². The van der Waals surface area contributed by atoms with Crippen molar-refractivity contribution in [3.8, 4) is 0 Å². The van der Waals surface area contributed by atoms with Crippen LogP contribution in [0, 0.1) is 0 Å². The number of amides is 1. The van der Waals surface area contributed by atoms with Crippen LogP contribution in [-0.4, -0.2) is 58.7 Å². The molecule has 4 nitrogen and oxygen atoms in total. The van der Waals surface area contributed by atoms with E-state index < -0.39 is 0 Å². The number of hydrogen-bond donors (Lipinski definition) is 0. The maximum Gasteiger partial charge on any atom is 0.222 e. The fraction of sp³-hybridized carbons (Fsp3) is 0.714. The second-order valence-corrected chi connectivity index (χ2v) is 7.67. The van der Waals surface area contributed by atoms with Crippen LogP contribution in [0.3, 0.4) is 0 Å². The molecular formula is C14H21N3OS2. The van der Waals surface area contributed by atoms with E-state index in [1.54, 1.807) is 23.1 Å². The van der Waals surface area contributed by atoms with Gasteiger partial charge in [-0.3, -0.25) is 4.79 Å². The first kappa shape index (κ1) is 14.4. The van der Waals surface area contributed by atoms with Crippen LogP contribution in [0.25, 0.3) is 0 Å². The molecule has 0 aromatic carbocycles. The number of thioether (sulfide) groups is 1. The van der Waals surface area contributed by atoms with Crippen molar-refractivity contribution in [1.29, 1.82) is 0 Å². The molecule has 0 unspecified atom stereocenters. The third kappa shape index (κ3) is 3.54. The number of nitrogens with zero attached hydrogens (tertiary/aromatic N) is 3. The number of thiazole rings is 1. The molecule has 1 amide bonds. The highest BCUT2D eigenvalue weighted by molar-refractivity contribution is 8.01. The lowest BCUT2D eigenvalue weighted by molar-refractivity contribution is -0.128. The molecule has 3 heterocycles. The summed E-state index contributed by atoms with van der Waals surface area (Å²) < 4.78 is 1.10. The molecule has 0 bridgehead atoms. The molecule has 6 heteroatoms. The van der Waals surface area contributed by atoms with Crippen LogP contribution in [0.2, 0.25) is 0 Å². The lowest BCUT2D eigenvalue weighted by Gasteiger charge is -2.28. The fourth-order valence-corrected chi connectivity index (χ4v) is 4.71. The van der Waals surface area contributed by atoms with Gasteiger partial charge in [0.1, 0.15) is 4.34 Å². The van der Waals surface area contributed by atoms with E-state index >= 15 is 0 Å². The summed E-state index contributed by atoms with van der Waals surface area (Å²) in [6.07, 6.45) is 6.25. The zero-order valence-corrected chi connectivity index (χ0v) is 13.3. The minimum Gasteiger partial charge on any atom is -0.338 e. The highest BCUT2D eigenvalue weighted by Gasteiger charge is 2.32. The Morgan fingerprint density at radius 3 is 3.00 bits per heavy atom. The Kier molecular flexibility index (Phi) is 4.96. The summed E-state index contributed by atoms with van der Waals surface area (Å²) in [5.74, 6) is 1.30. The van der Waals surface area contributed by atoms with E-state index in [4.69, 9.17) is 0 Å². The van der Waals surface area contributed by atoms with Crippen LogP contribution in [0.1, 0.15) is 25.7 Å². The summed E-state index contributed by atoms with van der Waals surface area (Å²) in [4.78, 5) is 20.9. The Bertz CT molecular complexity index is 432. The lowest BCUT2D eigenvalue weighted by Crippen LogP contribution is -2.42. The molecule has 0 spiro atoms. The molecule has 2 aliphatic heterocycles. The SMILES string of the molecule is O=C1CC[C@H](CN2CCCC2)N1CCSc1nccs1. The second-order valence-electron chi connectivity index (χ2n) is 5.43. The van der Waals surface area contributed by atoms with Gasteiger partial charge in [-0.2, -0.15) is 0 Å². The molecule has 110 valence electrons. The largest absolute Gasteiger partial charge is 0.338 e. The Morgan fingerprint density at radius 2 is 2.25 bits per heavy atom. The third-order valence-electron chi connectivity index (χ3n) is 4.09. The van der Waals surface area contributed by atoms with Gasteiger partial charge in [-0.15, -0.1) is 11.3 Å². The number of hydrogen-bond acceptors (Lipinski definition) is 5. The Balaban J connectivity index is 1.48. The van der Waals surface area contributed by atoms with Crippen LogP contribution in [0.15, 0.2) is 15.9 Å². The summed E-state index contributed by atoms with van der Waals surface area (Å²) in [6.45, 7) is 4.37. The van der Waals surface area contributed by atoms with Gasteiger partial charge in [0.15, 0.2) is 0 Å². The minimum atomic E-state index is 0.342. The Morgan fingerprint density at radius 1 is 1.40 bits per heavy atom. The molecule has 2 aliphatic rings. The second kappa shape index (κ2) is 6.91. The quantitative estimate of drug-likeness (QED) is 0.756. The van der Waals surface area contributed by atoms with Crippen molar-refractivity contribution in [3.63, 3.8) is 0 Å². The summed E-state index contributed by atoms with van der Waals surface area (Å²) in [5, 5.41) is 2.00. The minimum absolute atomic E-state index is 0.342. The molecule has 0 N–H and O–H groups in total. The van der Waals surface area contributed by atoms with Crippen LogP contribution in [0.5, 0.6) is 0 Å². The van der Waals surface area contributed by atoms with Crippen molar-refractivity contribution < 1.29 is 4.79 Å². The third-order valence-corrected chi connectivity index (χ3v) is 6.03. The number of carbonyl (C=O) groups is 1. The van der Waals surface area contributed by atoms with Crippen LogP contribution in [0.4, 0.5) is 0 Å². The van der Waals surface area contributed by atoms with Crippen LogP contribution >= 0.6 is 23.1 Å². The van der Waals surface area contributed by atoms with E-state index in [2.05, 4.69) is 14.8 Å². The zero-order chi connectivity index (χ0) is 13.8. The molecule has 3 rings (SSSR count). The molecule has 1 aromatic heterocycles. The van der Waals surface area contributed by atoms with E-state index in [1.165, 1.54) is 25.9 Å². The molecule has 0 aliphatic carbocycles. The molecule has 0 radical (unpaired) electrons. The van der Waals surface area contributed by atoms with E-state index in [0.717, 1.165) is 36.0 Å². The number of rotatable bonds is 6. The number of carbonyl (C=O) groups excluding carboxylic acids is 1. The first-order chi connectivity index (χ1) is 9.83. The molecule has 1 atom stereocenters. The Hall–Kier alpha value is -0.590. The van der Waals surface area contributed by atoms with Crippen molar-refractivity contribution in [2.24, 2.45) is 0 Å². The number of likely N-dealkylation sites (tertiary alicyclic amines) is 2. The van der Waals surface area contributed by atoms with Gasteiger partial charge in [-0.25, -0.2) is 4.98 Å². The summed E-state index contributed by atoms with van der Waals surface area (Å²) in [7, 11) is 0. The van der Waals surface area contributed by atoms with E-state index in [1.807, 2.05) is 11.6 Å². The van der Waals surface area contributed by atoms with Crippen molar-refractivity contribution in [2.75, 3.05) is 31.9 Å². The van der Waals surface area contributed by atoms with Gasteiger partial charge in [0.05, 0.1) is 0 Å². The Labute approximate surface area is 128 Å². The topological polar surface area (TPSA) is 36.4 Å². The van der Waals surface area contributed by atoms with Gasteiger partial charge in [-0.05, 0) is 32.4 Å². The van der Waals surface area contributed by atoms with Gasteiger partial charge in [0.2, 0.25) is 5.91 Å². The van der Waals surface area contributed by atoms with E-state index in [-0.39, 0.29) is 0 Å². The van der Waals surface area contributed by atoms with Crippen LogP contribution in [-0.2, 0) is 4.79 Å². The van der Waals surface area contributed by atoms with E-state index in [0.29, 0.717) is 11.9 Å². The molecular weight excluding hydrogens is 290 g/mol. The van der Waals surface area contributed by atoms with Crippen molar-refractivity contribution in [2.45, 2.75) is 36.1 Å². The number of aromatic nitrogens is 1. The van der Waals surface area contributed by atoms with Gasteiger partial charge >= 0.3 is 0 Å². The molecule has 2 fully saturated rings. The standard InChI is InChI=1S/C14H21N3OS2/c18-13-4-3-12(11-16-6-1-2-7-16)17(13)8-10-20-14-15-5-9-19-14/h5,9,12H,1-4,6-8,10-11H2/t12-/m1/s1. The molecule has 2 saturated heterocycles. The van der Waals surface area contributed by atoms with Crippen molar-refractivity contribution in [1.82, 2.24) is 14.8 Å².